The lowest BCUT2D eigenvalue weighted by Crippen LogP contribution is -2.36. The Bertz CT molecular complexity index is 686. The van der Waals surface area contributed by atoms with E-state index in [4.69, 9.17) is 0 Å². The Kier molecular flexibility index (Phi) is 4.80. The summed E-state index contributed by atoms with van der Waals surface area (Å²) in [6.07, 6.45) is 6.91. The quantitative estimate of drug-likeness (QED) is 0.907. The molecule has 120 valence electrons. The Labute approximate surface area is 134 Å². The van der Waals surface area contributed by atoms with Crippen molar-refractivity contribution in [3.63, 3.8) is 0 Å². The van der Waals surface area contributed by atoms with E-state index in [1.54, 1.807) is 18.2 Å². The van der Waals surface area contributed by atoms with Gasteiger partial charge in [0, 0.05) is 17.8 Å². The van der Waals surface area contributed by atoms with Crippen molar-refractivity contribution in [2.75, 3.05) is 5.32 Å². The summed E-state index contributed by atoms with van der Waals surface area (Å²) in [5, 5.41) is 5.99. The number of carbonyl (C=O) groups is 1. The summed E-state index contributed by atoms with van der Waals surface area (Å²) in [7, 11) is 0. The molecule has 0 saturated heterocycles. The number of nitrogens with one attached hydrogen (secondary N) is 2. The molecule has 0 unspecified atom stereocenters. The number of amides is 1. The van der Waals surface area contributed by atoms with Crippen LogP contribution in [0.2, 0.25) is 0 Å². The van der Waals surface area contributed by atoms with Gasteiger partial charge in [-0.15, -0.1) is 0 Å². The molecular formula is C17H19FN4O. The fourth-order valence-electron chi connectivity index (χ4n) is 2.77. The summed E-state index contributed by atoms with van der Waals surface area (Å²) in [6, 6.07) is 7.87. The van der Waals surface area contributed by atoms with Crippen LogP contribution in [-0.2, 0) is 0 Å². The molecule has 6 heteroatoms. The van der Waals surface area contributed by atoms with Crippen molar-refractivity contribution in [1.82, 2.24) is 15.3 Å². The lowest BCUT2D eigenvalue weighted by Gasteiger charge is -2.22. The molecule has 3 rings (SSSR count). The minimum Gasteiger partial charge on any atom is -0.348 e. The zero-order valence-corrected chi connectivity index (χ0v) is 12.8. The second-order valence-electron chi connectivity index (χ2n) is 5.73. The van der Waals surface area contributed by atoms with Gasteiger partial charge < -0.3 is 10.6 Å². The van der Waals surface area contributed by atoms with E-state index in [1.165, 1.54) is 24.9 Å². The van der Waals surface area contributed by atoms with E-state index >= 15 is 0 Å². The largest absolute Gasteiger partial charge is 0.348 e. The maximum absolute atomic E-state index is 13.2. The van der Waals surface area contributed by atoms with Crippen molar-refractivity contribution in [3.8, 4) is 0 Å². The monoisotopic (exact) mass is 314 g/mol. The predicted octanol–water partition coefficient (Wildman–Crippen LogP) is 3.42. The third-order valence-electron chi connectivity index (χ3n) is 3.94. The number of rotatable bonds is 4. The fraction of sp³-hybridized carbons (Fsp3) is 0.353. The Morgan fingerprint density at radius 1 is 1.13 bits per heavy atom. The van der Waals surface area contributed by atoms with Crippen LogP contribution in [0.4, 0.5) is 15.9 Å². The minimum absolute atomic E-state index is 0.193. The molecule has 0 atom stereocenters. The molecule has 1 heterocycles. The van der Waals surface area contributed by atoms with Crippen molar-refractivity contribution in [2.24, 2.45) is 0 Å². The number of nitrogens with zero attached hydrogens (tertiary/aromatic N) is 2. The highest BCUT2D eigenvalue weighted by Gasteiger charge is 2.17. The van der Waals surface area contributed by atoms with E-state index in [1.807, 2.05) is 0 Å². The molecule has 0 bridgehead atoms. The van der Waals surface area contributed by atoms with Gasteiger partial charge in [-0.05, 0) is 31.0 Å². The van der Waals surface area contributed by atoms with Crippen molar-refractivity contribution in [3.05, 3.63) is 48.2 Å². The average molecular weight is 314 g/mol. The van der Waals surface area contributed by atoms with Crippen molar-refractivity contribution >= 4 is 17.4 Å². The number of aromatic nitrogens is 2. The van der Waals surface area contributed by atoms with E-state index in [0.29, 0.717) is 17.2 Å². The molecule has 2 N–H and O–H groups in total. The highest BCUT2D eigenvalue weighted by Crippen LogP contribution is 2.18. The van der Waals surface area contributed by atoms with Gasteiger partial charge in [-0.1, -0.05) is 25.3 Å². The summed E-state index contributed by atoms with van der Waals surface area (Å²) in [5.74, 6) is -0.0692. The van der Waals surface area contributed by atoms with Crippen LogP contribution in [0.5, 0.6) is 0 Å². The SMILES string of the molecule is O=C(NC1CCCCC1)c1cc(Nc2cccc(F)c2)ncn1. The van der Waals surface area contributed by atoms with Crippen LogP contribution in [0, 0.1) is 5.82 Å². The third-order valence-corrected chi connectivity index (χ3v) is 3.94. The summed E-state index contributed by atoms with van der Waals surface area (Å²) in [6.45, 7) is 0. The molecule has 2 aromatic rings. The summed E-state index contributed by atoms with van der Waals surface area (Å²) in [5.41, 5.74) is 0.881. The number of halogens is 1. The smallest absolute Gasteiger partial charge is 0.270 e. The van der Waals surface area contributed by atoms with Crippen LogP contribution < -0.4 is 10.6 Å². The fourth-order valence-corrected chi connectivity index (χ4v) is 2.77. The van der Waals surface area contributed by atoms with Crippen LogP contribution >= 0.6 is 0 Å². The lowest BCUT2D eigenvalue weighted by molar-refractivity contribution is 0.0922. The van der Waals surface area contributed by atoms with Gasteiger partial charge in [-0.3, -0.25) is 4.79 Å². The Hall–Kier alpha value is -2.50. The first-order valence-electron chi connectivity index (χ1n) is 7.86. The van der Waals surface area contributed by atoms with Crippen LogP contribution in [0.15, 0.2) is 36.7 Å². The number of benzene rings is 1. The molecule has 0 aliphatic heterocycles. The number of anilines is 2. The summed E-state index contributed by atoms with van der Waals surface area (Å²) in [4.78, 5) is 20.4. The zero-order valence-electron chi connectivity index (χ0n) is 12.8. The number of hydrogen-bond acceptors (Lipinski definition) is 4. The maximum atomic E-state index is 13.2. The topological polar surface area (TPSA) is 66.9 Å². The minimum atomic E-state index is -0.334. The van der Waals surface area contributed by atoms with Gasteiger partial charge >= 0.3 is 0 Å². The molecule has 0 spiro atoms. The molecule has 1 aromatic heterocycles. The Balaban J connectivity index is 1.67. The molecule has 0 radical (unpaired) electrons. The van der Waals surface area contributed by atoms with Crippen LogP contribution in [0.25, 0.3) is 0 Å². The predicted molar refractivity (Wildman–Crippen MR) is 86.1 cm³/mol. The van der Waals surface area contributed by atoms with E-state index in [0.717, 1.165) is 25.7 Å². The summed E-state index contributed by atoms with van der Waals surface area (Å²) < 4.78 is 13.2. The Morgan fingerprint density at radius 2 is 1.96 bits per heavy atom. The van der Waals surface area contributed by atoms with E-state index in [9.17, 15) is 9.18 Å². The normalized spacial score (nSPS) is 15.2. The molecule has 1 aliphatic carbocycles. The van der Waals surface area contributed by atoms with Gasteiger partial charge in [0.15, 0.2) is 0 Å². The maximum Gasteiger partial charge on any atom is 0.270 e. The molecule has 5 nitrogen and oxygen atoms in total. The van der Waals surface area contributed by atoms with Crippen LogP contribution in [-0.4, -0.2) is 21.9 Å². The van der Waals surface area contributed by atoms with E-state index in [-0.39, 0.29) is 17.8 Å². The first-order chi connectivity index (χ1) is 11.2. The first kappa shape index (κ1) is 15.4. The van der Waals surface area contributed by atoms with E-state index < -0.39 is 0 Å². The molecule has 1 fully saturated rings. The first-order valence-corrected chi connectivity index (χ1v) is 7.86. The lowest BCUT2D eigenvalue weighted by atomic mass is 9.95. The average Bonchev–Trinajstić information content (AvgIpc) is 2.56. The molecule has 1 aromatic carbocycles. The van der Waals surface area contributed by atoms with Gasteiger partial charge in [0.1, 0.15) is 23.7 Å². The molecular weight excluding hydrogens is 295 g/mol. The van der Waals surface area contributed by atoms with Gasteiger partial charge in [-0.2, -0.15) is 0 Å². The van der Waals surface area contributed by atoms with Crippen LogP contribution in [0.3, 0.4) is 0 Å². The second kappa shape index (κ2) is 7.17. The highest BCUT2D eigenvalue weighted by atomic mass is 19.1. The van der Waals surface area contributed by atoms with Crippen molar-refractivity contribution in [2.45, 2.75) is 38.1 Å². The molecule has 1 saturated carbocycles. The number of hydrogen-bond donors (Lipinski definition) is 2. The van der Waals surface area contributed by atoms with Gasteiger partial charge in [0.25, 0.3) is 5.91 Å². The summed E-state index contributed by atoms with van der Waals surface area (Å²) >= 11 is 0. The molecule has 1 amide bonds. The molecule has 1 aliphatic rings. The molecule has 23 heavy (non-hydrogen) atoms. The van der Waals surface area contributed by atoms with Crippen molar-refractivity contribution < 1.29 is 9.18 Å². The zero-order chi connectivity index (χ0) is 16.1. The van der Waals surface area contributed by atoms with E-state index in [2.05, 4.69) is 20.6 Å². The van der Waals surface area contributed by atoms with Gasteiger partial charge in [0.05, 0.1) is 0 Å². The van der Waals surface area contributed by atoms with Gasteiger partial charge in [-0.25, -0.2) is 14.4 Å². The Morgan fingerprint density at radius 3 is 2.74 bits per heavy atom. The van der Waals surface area contributed by atoms with Gasteiger partial charge in [0.2, 0.25) is 0 Å². The highest BCUT2D eigenvalue weighted by molar-refractivity contribution is 5.93. The standard InChI is InChI=1S/C17H19FN4O/c18-12-5-4-8-14(9-12)21-16-10-15(19-11-20-16)17(23)22-13-6-2-1-3-7-13/h4-5,8-11,13H,1-3,6-7H2,(H,22,23)(H,19,20,21). The van der Waals surface area contributed by atoms with Crippen molar-refractivity contribution in [1.29, 1.82) is 0 Å². The second-order valence-corrected chi connectivity index (χ2v) is 5.73. The van der Waals surface area contributed by atoms with Crippen LogP contribution in [0.1, 0.15) is 42.6 Å². The number of carbonyl (C=O) groups excluding carboxylic acids is 1. The third kappa shape index (κ3) is 4.25.